The molecule has 0 amide bonds. The molecule has 7 nitrogen and oxygen atoms in total. The van der Waals surface area contributed by atoms with Gasteiger partial charge in [-0.25, -0.2) is 0 Å². The number of nitrogens with one attached hydrogen (secondary N) is 2. The number of aryl methyl sites for hydroxylation is 1. The van der Waals surface area contributed by atoms with Gasteiger partial charge in [-0.3, -0.25) is 4.79 Å². The van der Waals surface area contributed by atoms with Crippen molar-refractivity contribution in [1.82, 2.24) is 19.9 Å². The molecule has 0 saturated carbocycles. The Morgan fingerprint density at radius 3 is 2.75 bits per heavy atom. The largest absolute Gasteiger partial charge is 0.361 e. The molecule has 0 unspecified atom stereocenters. The molecule has 142 valence electrons. The maximum Gasteiger partial charge on any atom is 0.300 e. The summed E-state index contributed by atoms with van der Waals surface area (Å²) in [5.74, 6) is 6.15. The van der Waals surface area contributed by atoms with Gasteiger partial charge in [-0.1, -0.05) is 35.4 Å². The minimum atomic E-state index is -0.428. The van der Waals surface area contributed by atoms with E-state index in [0.29, 0.717) is 17.1 Å². The number of H-pyrrole nitrogens is 1. The lowest BCUT2D eigenvalue weighted by atomic mass is 10.1. The SMILES string of the molecule is Cc1ccc2[nH]cc(CCNc3nnc(-c4ccc(Cl)cc4)c(=O)n3N)c2c1. The van der Waals surface area contributed by atoms with Crippen molar-refractivity contribution < 1.29 is 0 Å². The number of halogens is 1. The van der Waals surface area contributed by atoms with Gasteiger partial charge in [-0.15, -0.1) is 10.2 Å². The van der Waals surface area contributed by atoms with Gasteiger partial charge in [0, 0.05) is 34.2 Å². The predicted molar refractivity (Wildman–Crippen MR) is 112 cm³/mol. The predicted octanol–water partition coefficient (Wildman–Crippen LogP) is 3.12. The lowest BCUT2D eigenvalue weighted by Crippen LogP contribution is -2.33. The number of nitrogens with zero attached hydrogens (tertiary/aromatic N) is 3. The molecule has 4 aromatic rings. The fourth-order valence-corrected chi connectivity index (χ4v) is 3.24. The first-order valence-corrected chi connectivity index (χ1v) is 9.22. The number of hydrogen-bond donors (Lipinski definition) is 3. The van der Waals surface area contributed by atoms with Gasteiger partial charge in [-0.2, -0.15) is 4.68 Å². The molecule has 0 aliphatic carbocycles. The molecule has 0 aliphatic rings. The average molecular weight is 395 g/mol. The van der Waals surface area contributed by atoms with E-state index in [1.807, 2.05) is 6.20 Å². The zero-order valence-electron chi connectivity index (χ0n) is 15.2. The molecule has 2 aromatic heterocycles. The lowest BCUT2D eigenvalue weighted by molar-refractivity contribution is 0.820. The van der Waals surface area contributed by atoms with E-state index in [1.165, 1.54) is 16.5 Å². The molecule has 0 radical (unpaired) electrons. The topological polar surface area (TPSA) is 102 Å². The minimum Gasteiger partial charge on any atom is -0.361 e. The number of anilines is 1. The summed E-state index contributed by atoms with van der Waals surface area (Å²) in [5.41, 5.74) is 3.85. The molecular weight excluding hydrogens is 376 g/mol. The molecule has 0 atom stereocenters. The van der Waals surface area contributed by atoms with Gasteiger partial charge in [-0.05, 0) is 43.2 Å². The highest BCUT2D eigenvalue weighted by molar-refractivity contribution is 6.30. The highest BCUT2D eigenvalue weighted by Gasteiger charge is 2.12. The monoisotopic (exact) mass is 394 g/mol. The van der Waals surface area contributed by atoms with E-state index in [4.69, 9.17) is 17.4 Å². The summed E-state index contributed by atoms with van der Waals surface area (Å²) in [6.07, 6.45) is 2.74. The van der Waals surface area contributed by atoms with Crippen LogP contribution in [0.1, 0.15) is 11.1 Å². The third-order valence-electron chi connectivity index (χ3n) is 4.61. The molecule has 28 heavy (non-hydrogen) atoms. The molecule has 4 N–H and O–H groups in total. The van der Waals surface area contributed by atoms with E-state index in [1.54, 1.807) is 24.3 Å². The fourth-order valence-electron chi connectivity index (χ4n) is 3.12. The van der Waals surface area contributed by atoms with Crippen LogP contribution in [0.15, 0.2) is 53.5 Å². The van der Waals surface area contributed by atoms with Crippen molar-refractivity contribution >= 4 is 28.5 Å². The van der Waals surface area contributed by atoms with Crippen molar-refractivity contribution in [2.75, 3.05) is 17.7 Å². The number of fused-ring (bicyclic) bond motifs is 1. The fraction of sp³-hybridized carbons (Fsp3) is 0.150. The van der Waals surface area contributed by atoms with Crippen molar-refractivity contribution in [1.29, 1.82) is 0 Å². The van der Waals surface area contributed by atoms with Crippen LogP contribution in [0.4, 0.5) is 5.95 Å². The highest BCUT2D eigenvalue weighted by Crippen LogP contribution is 2.20. The number of nitrogen functional groups attached to an aromatic ring is 1. The molecule has 2 aromatic carbocycles. The van der Waals surface area contributed by atoms with E-state index in [9.17, 15) is 4.79 Å². The van der Waals surface area contributed by atoms with Gasteiger partial charge >= 0.3 is 0 Å². The highest BCUT2D eigenvalue weighted by atomic mass is 35.5. The molecule has 0 bridgehead atoms. The molecule has 0 aliphatic heterocycles. The molecule has 0 fully saturated rings. The zero-order chi connectivity index (χ0) is 19.7. The maximum absolute atomic E-state index is 12.5. The van der Waals surface area contributed by atoms with Gasteiger partial charge in [0.25, 0.3) is 5.56 Å². The van der Waals surface area contributed by atoms with Gasteiger partial charge < -0.3 is 16.1 Å². The normalized spacial score (nSPS) is 11.1. The molecular formula is C20H19ClN6O. The standard InChI is InChI=1S/C20H19ClN6O/c1-12-2-7-17-16(10-12)14(11-24-17)8-9-23-20-26-25-18(19(28)27(20)22)13-3-5-15(21)6-4-13/h2-7,10-11,24H,8-9,22H2,1H3,(H,23,26). The summed E-state index contributed by atoms with van der Waals surface area (Å²) in [7, 11) is 0. The number of benzene rings is 2. The van der Waals surface area contributed by atoms with Crippen molar-refractivity contribution in [3.63, 3.8) is 0 Å². The number of rotatable bonds is 5. The summed E-state index contributed by atoms with van der Waals surface area (Å²) < 4.78 is 0.982. The third kappa shape index (κ3) is 3.44. The van der Waals surface area contributed by atoms with Crippen molar-refractivity contribution in [3.05, 3.63) is 75.2 Å². The second-order valence-corrected chi connectivity index (χ2v) is 7.03. The lowest BCUT2D eigenvalue weighted by Gasteiger charge is -2.10. The second-order valence-electron chi connectivity index (χ2n) is 6.59. The van der Waals surface area contributed by atoms with Crippen LogP contribution < -0.4 is 16.7 Å². The Kier molecular flexibility index (Phi) is 4.75. The van der Waals surface area contributed by atoms with Crippen LogP contribution >= 0.6 is 11.6 Å². The first kappa shape index (κ1) is 18.1. The van der Waals surface area contributed by atoms with Crippen molar-refractivity contribution in [2.24, 2.45) is 0 Å². The van der Waals surface area contributed by atoms with Crippen LogP contribution in [-0.4, -0.2) is 26.4 Å². The third-order valence-corrected chi connectivity index (χ3v) is 4.86. The number of hydrogen-bond acceptors (Lipinski definition) is 5. The van der Waals surface area contributed by atoms with Gasteiger partial charge in [0.05, 0.1) is 0 Å². The average Bonchev–Trinajstić information content (AvgIpc) is 3.08. The minimum absolute atomic E-state index is 0.178. The first-order chi connectivity index (χ1) is 13.5. The van der Waals surface area contributed by atoms with Crippen LogP contribution in [0.25, 0.3) is 22.2 Å². The Morgan fingerprint density at radius 1 is 1.18 bits per heavy atom. The Morgan fingerprint density at radius 2 is 1.96 bits per heavy atom. The quantitative estimate of drug-likeness (QED) is 0.451. The molecule has 0 spiro atoms. The Bertz CT molecular complexity index is 1200. The Hall–Kier alpha value is -3.32. The maximum atomic E-state index is 12.5. The Balaban J connectivity index is 1.50. The van der Waals surface area contributed by atoms with E-state index < -0.39 is 5.56 Å². The van der Waals surface area contributed by atoms with Crippen LogP contribution in [0.5, 0.6) is 0 Å². The Labute approximate surface area is 166 Å². The van der Waals surface area contributed by atoms with Crippen LogP contribution in [0.2, 0.25) is 5.02 Å². The summed E-state index contributed by atoms with van der Waals surface area (Å²) in [5, 5.41) is 13.0. The zero-order valence-corrected chi connectivity index (χ0v) is 16.0. The summed E-state index contributed by atoms with van der Waals surface area (Å²) in [4.78, 5) is 15.8. The summed E-state index contributed by atoms with van der Waals surface area (Å²) in [6, 6.07) is 13.1. The van der Waals surface area contributed by atoms with Crippen LogP contribution in [0.3, 0.4) is 0 Å². The second kappa shape index (κ2) is 7.36. The summed E-state index contributed by atoms with van der Waals surface area (Å²) in [6.45, 7) is 2.63. The number of aromatic amines is 1. The van der Waals surface area contributed by atoms with E-state index in [-0.39, 0.29) is 11.6 Å². The van der Waals surface area contributed by atoms with Gasteiger partial charge in [0.1, 0.15) is 0 Å². The van der Waals surface area contributed by atoms with Crippen molar-refractivity contribution in [2.45, 2.75) is 13.3 Å². The van der Waals surface area contributed by atoms with Gasteiger partial charge in [0.2, 0.25) is 5.95 Å². The van der Waals surface area contributed by atoms with Gasteiger partial charge in [0.15, 0.2) is 5.69 Å². The van der Waals surface area contributed by atoms with Crippen molar-refractivity contribution in [3.8, 4) is 11.3 Å². The summed E-state index contributed by atoms with van der Waals surface area (Å²) >= 11 is 5.88. The van der Waals surface area contributed by atoms with E-state index >= 15 is 0 Å². The number of aromatic nitrogens is 4. The van der Waals surface area contributed by atoms with Crippen LogP contribution in [-0.2, 0) is 6.42 Å². The molecule has 2 heterocycles. The molecule has 0 saturated heterocycles. The molecule has 4 rings (SSSR count). The molecule has 8 heteroatoms. The first-order valence-electron chi connectivity index (χ1n) is 8.84. The number of nitrogens with two attached hydrogens (primary N) is 1. The van der Waals surface area contributed by atoms with Crippen LogP contribution in [0, 0.1) is 6.92 Å². The van der Waals surface area contributed by atoms with E-state index in [0.717, 1.165) is 16.6 Å². The smallest absolute Gasteiger partial charge is 0.300 e. The van der Waals surface area contributed by atoms with E-state index in [2.05, 4.69) is 45.6 Å².